The van der Waals surface area contributed by atoms with Crippen molar-refractivity contribution in [2.24, 2.45) is 0 Å². The molecule has 0 saturated heterocycles. The van der Waals surface area contributed by atoms with Crippen LogP contribution in [0.2, 0.25) is 0 Å². The number of halogens is 1. The van der Waals surface area contributed by atoms with Gasteiger partial charge < -0.3 is 10.1 Å². The molecule has 0 saturated carbocycles. The summed E-state index contributed by atoms with van der Waals surface area (Å²) < 4.78 is 9.37. The lowest BCUT2D eigenvalue weighted by atomic mass is 10.2. The molecule has 2 aromatic heterocycles. The first-order valence-electron chi connectivity index (χ1n) is 9.06. The van der Waals surface area contributed by atoms with Crippen LogP contribution in [0.3, 0.4) is 0 Å². The zero-order valence-corrected chi connectivity index (χ0v) is 18.4. The number of thioether (sulfide) groups is 1. The number of anilines is 2. The van der Waals surface area contributed by atoms with Crippen molar-refractivity contribution in [1.82, 2.24) is 19.5 Å². The van der Waals surface area contributed by atoms with E-state index in [1.54, 1.807) is 24.2 Å². The average Bonchev–Trinajstić information content (AvgIpc) is 3.28. The monoisotopic (exact) mass is 483 g/mol. The fourth-order valence-electron chi connectivity index (χ4n) is 2.81. The van der Waals surface area contributed by atoms with Gasteiger partial charge in [-0.3, -0.25) is 9.47 Å². The predicted molar refractivity (Wildman–Crippen MR) is 121 cm³/mol. The van der Waals surface area contributed by atoms with Gasteiger partial charge in [0.1, 0.15) is 5.75 Å². The van der Waals surface area contributed by atoms with Crippen LogP contribution in [0.5, 0.6) is 5.75 Å². The average molecular weight is 484 g/mol. The minimum Gasteiger partial charge on any atom is -0.497 e. The zero-order valence-electron chi connectivity index (χ0n) is 16.0. The fourth-order valence-corrected chi connectivity index (χ4v) is 4.08. The van der Waals surface area contributed by atoms with E-state index in [2.05, 4.69) is 31.4 Å². The van der Waals surface area contributed by atoms with E-state index in [1.165, 1.54) is 16.4 Å². The number of hydrogen-bond acceptors (Lipinski definition) is 6. The van der Waals surface area contributed by atoms with E-state index in [0.29, 0.717) is 10.9 Å². The second-order valence-corrected chi connectivity index (χ2v) is 8.14. The maximum Gasteiger partial charge on any atom is 0.316 e. The van der Waals surface area contributed by atoms with Crippen molar-refractivity contribution in [1.29, 1.82) is 0 Å². The molecule has 152 valence electrons. The quantitative estimate of drug-likeness (QED) is 0.388. The van der Waals surface area contributed by atoms with Crippen molar-refractivity contribution >= 4 is 39.2 Å². The molecule has 9 heteroatoms. The molecule has 0 bridgehead atoms. The Labute approximate surface area is 185 Å². The van der Waals surface area contributed by atoms with Crippen molar-refractivity contribution < 1.29 is 4.74 Å². The number of methoxy groups -OCH3 is 1. The molecule has 0 fully saturated rings. The van der Waals surface area contributed by atoms with Gasteiger partial charge in [-0.15, -0.1) is 10.2 Å². The van der Waals surface area contributed by atoms with Gasteiger partial charge in [-0.05, 0) is 48.0 Å². The molecule has 4 rings (SSSR count). The Kier molecular flexibility index (Phi) is 6.20. The summed E-state index contributed by atoms with van der Waals surface area (Å²) in [6, 6.07) is 19.0. The first-order valence-corrected chi connectivity index (χ1v) is 10.8. The predicted octanol–water partition coefficient (Wildman–Crippen LogP) is 4.56. The minimum atomic E-state index is -0.297. The number of benzene rings is 2. The Bertz CT molecular complexity index is 1210. The van der Waals surface area contributed by atoms with Crippen LogP contribution in [0.4, 0.5) is 11.5 Å². The summed E-state index contributed by atoms with van der Waals surface area (Å²) in [6.45, 7) is 0. The molecule has 30 heavy (non-hydrogen) atoms. The van der Waals surface area contributed by atoms with Gasteiger partial charge in [-0.25, -0.2) is 0 Å². The maximum atomic E-state index is 13.2. The van der Waals surface area contributed by atoms with Crippen molar-refractivity contribution in [2.45, 2.75) is 10.9 Å². The molecule has 0 atom stereocenters. The lowest BCUT2D eigenvalue weighted by Crippen LogP contribution is -2.30. The van der Waals surface area contributed by atoms with Crippen molar-refractivity contribution in [3.63, 3.8) is 0 Å². The standard InChI is InChI=1S/C21H18BrN5O2S/c1-29-18-9-4-6-15(12-18)14-30-21-25-24-19(23-17-8-5-7-16(22)13-17)20(28)27(21)26-10-2-3-11-26/h2-13H,14H2,1H3,(H,23,24). The van der Waals surface area contributed by atoms with Gasteiger partial charge in [0.2, 0.25) is 11.0 Å². The summed E-state index contributed by atoms with van der Waals surface area (Å²) in [6.07, 6.45) is 3.59. The van der Waals surface area contributed by atoms with Crippen LogP contribution in [0.15, 0.2) is 87.5 Å². The smallest absolute Gasteiger partial charge is 0.316 e. The number of rotatable bonds is 7. The third-order valence-corrected chi connectivity index (χ3v) is 5.70. The van der Waals surface area contributed by atoms with Crippen molar-refractivity contribution in [3.05, 3.63) is 93.4 Å². The molecule has 0 aliphatic carbocycles. The fraction of sp³-hybridized carbons (Fsp3) is 0.0952. The second-order valence-electron chi connectivity index (χ2n) is 6.29. The van der Waals surface area contributed by atoms with Crippen LogP contribution in [0.1, 0.15) is 5.56 Å². The van der Waals surface area contributed by atoms with Gasteiger partial charge in [0.15, 0.2) is 0 Å². The van der Waals surface area contributed by atoms with E-state index in [9.17, 15) is 4.79 Å². The van der Waals surface area contributed by atoms with E-state index >= 15 is 0 Å². The Hall–Kier alpha value is -3.04. The van der Waals surface area contributed by atoms with E-state index in [-0.39, 0.29) is 11.4 Å². The van der Waals surface area contributed by atoms with Crippen LogP contribution in [-0.2, 0) is 5.75 Å². The van der Waals surface area contributed by atoms with E-state index in [0.717, 1.165) is 21.5 Å². The van der Waals surface area contributed by atoms with Gasteiger partial charge in [0.25, 0.3) is 0 Å². The molecule has 7 nitrogen and oxygen atoms in total. The summed E-state index contributed by atoms with van der Waals surface area (Å²) in [5.41, 5.74) is 1.50. The normalized spacial score (nSPS) is 10.7. The lowest BCUT2D eigenvalue weighted by molar-refractivity contribution is 0.414. The highest BCUT2D eigenvalue weighted by Crippen LogP contribution is 2.23. The number of aromatic nitrogens is 4. The van der Waals surface area contributed by atoms with Crippen molar-refractivity contribution in [3.8, 4) is 5.75 Å². The van der Waals surface area contributed by atoms with Crippen LogP contribution in [-0.4, -0.2) is 26.7 Å². The summed E-state index contributed by atoms with van der Waals surface area (Å²) in [5.74, 6) is 1.55. The zero-order chi connectivity index (χ0) is 20.9. The van der Waals surface area contributed by atoms with Gasteiger partial charge in [-0.2, -0.15) is 4.68 Å². The topological polar surface area (TPSA) is 74.0 Å². The molecule has 4 aromatic rings. The van der Waals surface area contributed by atoms with Gasteiger partial charge in [0, 0.05) is 28.3 Å². The summed E-state index contributed by atoms with van der Waals surface area (Å²) in [5, 5.41) is 12.0. The van der Waals surface area contributed by atoms with Gasteiger partial charge >= 0.3 is 5.56 Å². The Balaban J connectivity index is 1.66. The molecule has 2 heterocycles. The minimum absolute atomic E-state index is 0.146. The molecule has 0 unspecified atom stereocenters. The van der Waals surface area contributed by atoms with Crippen LogP contribution >= 0.6 is 27.7 Å². The summed E-state index contributed by atoms with van der Waals surface area (Å²) in [4.78, 5) is 13.2. The van der Waals surface area contributed by atoms with E-state index in [4.69, 9.17) is 4.74 Å². The molecule has 0 amide bonds. The SMILES string of the molecule is COc1cccc(CSc2nnc(Nc3cccc(Br)c3)c(=O)n2-n2cccc2)c1. The third kappa shape index (κ3) is 4.58. The van der Waals surface area contributed by atoms with Crippen LogP contribution in [0.25, 0.3) is 0 Å². The number of nitrogens with one attached hydrogen (secondary N) is 1. The Morgan fingerprint density at radius 1 is 1.07 bits per heavy atom. The van der Waals surface area contributed by atoms with Gasteiger partial charge in [0.05, 0.1) is 7.11 Å². The summed E-state index contributed by atoms with van der Waals surface area (Å²) in [7, 11) is 1.64. The highest BCUT2D eigenvalue weighted by Gasteiger charge is 2.15. The third-order valence-electron chi connectivity index (χ3n) is 4.22. The maximum absolute atomic E-state index is 13.2. The van der Waals surface area contributed by atoms with E-state index in [1.807, 2.05) is 60.7 Å². The second kappa shape index (κ2) is 9.19. The number of ether oxygens (including phenoxy) is 1. The first-order chi connectivity index (χ1) is 14.6. The molecule has 2 aromatic carbocycles. The number of nitrogens with zero attached hydrogens (tertiary/aromatic N) is 4. The highest BCUT2D eigenvalue weighted by atomic mass is 79.9. The van der Waals surface area contributed by atoms with Gasteiger partial charge in [-0.1, -0.05) is 45.9 Å². The molecule has 0 radical (unpaired) electrons. The first kappa shape index (κ1) is 20.2. The van der Waals surface area contributed by atoms with E-state index < -0.39 is 0 Å². The molecule has 0 spiro atoms. The molecule has 1 N–H and O–H groups in total. The molecular weight excluding hydrogens is 466 g/mol. The number of hydrogen-bond donors (Lipinski definition) is 1. The molecule has 0 aliphatic heterocycles. The Morgan fingerprint density at radius 2 is 1.87 bits per heavy atom. The molecular formula is C21H18BrN5O2S. The van der Waals surface area contributed by atoms with Crippen molar-refractivity contribution in [2.75, 3.05) is 12.4 Å². The summed E-state index contributed by atoms with van der Waals surface area (Å²) >= 11 is 4.86. The van der Waals surface area contributed by atoms with Crippen LogP contribution < -0.4 is 15.6 Å². The van der Waals surface area contributed by atoms with Crippen LogP contribution in [0, 0.1) is 0 Å². The largest absolute Gasteiger partial charge is 0.497 e. The highest BCUT2D eigenvalue weighted by molar-refractivity contribution is 9.10. The molecule has 0 aliphatic rings. The Morgan fingerprint density at radius 3 is 2.63 bits per heavy atom. The lowest BCUT2D eigenvalue weighted by Gasteiger charge is -2.14.